The number of aromatic carboxylic acids is 1. The van der Waals surface area contributed by atoms with Gasteiger partial charge in [-0.2, -0.15) is 4.98 Å². The summed E-state index contributed by atoms with van der Waals surface area (Å²) in [5, 5.41) is 12.8. The van der Waals surface area contributed by atoms with E-state index in [1.54, 1.807) is 0 Å². The van der Waals surface area contributed by atoms with E-state index < -0.39 is 28.6 Å². The lowest BCUT2D eigenvalue weighted by Gasteiger charge is -2.10. The van der Waals surface area contributed by atoms with Crippen LogP contribution in [0.1, 0.15) is 37.0 Å². The van der Waals surface area contributed by atoms with Crippen molar-refractivity contribution in [2.75, 3.05) is 0 Å². The van der Waals surface area contributed by atoms with Crippen molar-refractivity contribution in [3.63, 3.8) is 0 Å². The first-order valence-corrected chi connectivity index (χ1v) is 5.77. The lowest BCUT2D eigenvalue weighted by atomic mass is 9.96. The van der Waals surface area contributed by atoms with E-state index in [1.165, 1.54) is 0 Å². The van der Waals surface area contributed by atoms with Crippen LogP contribution in [0.4, 0.5) is 8.78 Å². The van der Waals surface area contributed by atoms with Gasteiger partial charge in [-0.05, 0) is 12.1 Å². The second-order valence-electron chi connectivity index (χ2n) is 5.29. The van der Waals surface area contributed by atoms with E-state index in [-0.39, 0.29) is 11.5 Å². The average Bonchev–Trinajstić information content (AvgIpc) is 2.80. The maximum Gasteiger partial charge on any atom is 0.336 e. The summed E-state index contributed by atoms with van der Waals surface area (Å²) >= 11 is 0. The second kappa shape index (κ2) is 4.66. The van der Waals surface area contributed by atoms with E-state index in [2.05, 4.69) is 10.1 Å². The van der Waals surface area contributed by atoms with E-state index in [0.29, 0.717) is 11.9 Å². The monoisotopic (exact) mass is 282 g/mol. The van der Waals surface area contributed by atoms with Gasteiger partial charge in [0.2, 0.25) is 0 Å². The molecule has 106 valence electrons. The smallest absolute Gasteiger partial charge is 0.336 e. The van der Waals surface area contributed by atoms with Crippen molar-refractivity contribution >= 4 is 5.97 Å². The van der Waals surface area contributed by atoms with Crippen molar-refractivity contribution in [1.29, 1.82) is 0 Å². The van der Waals surface area contributed by atoms with Crippen LogP contribution in [0, 0.1) is 11.6 Å². The zero-order chi connectivity index (χ0) is 15.1. The van der Waals surface area contributed by atoms with Crippen LogP contribution in [-0.4, -0.2) is 21.2 Å². The SMILES string of the molecule is CC(C)(C)c1noc(-c2cc(F)c(F)cc2C(=O)O)n1. The van der Waals surface area contributed by atoms with Crippen LogP contribution >= 0.6 is 0 Å². The molecule has 0 fully saturated rings. The van der Waals surface area contributed by atoms with Gasteiger partial charge in [0.25, 0.3) is 5.89 Å². The highest BCUT2D eigenvalue weighted by Gasteiger charge is 2.25. The molecule has 0 aliphatic rings. The topological polar surface area (TPSA) is 76.2 Å². The van der Waals surface area contributed by atoms with E-state index in [9.17, 15) is 13.6 Å². The maximum atomic E-state index is 13.3. The summed E-state index contributed by atoms with van der Waals surface area (Å²) in [6, 6.07) is 1.33. The van der Waals surface area contributed by atoms with Gasteiger partial charge in [-0.15, -0.1) is 0 Å². The number of carboxylic acids is 1. The highest BCUT2D eigenvalue weighted by atomic mass is 19.2. The zero-order valence-corrected chi connectivity index (χ0v) is 11.1. The summed E-state index contributed by atoms with van der Waals surface area (Å²) in [5.41, 5.74) is -1.00. The molecule has 0 spiro atoms. The fourth-order valence-electron chi connectivity index (χ4n) is 1.54. The summed E-state index contributed by atoms with van der Waals surface area (Å²) in [4.78, 5) is 15.1. The lowest BCUT2D eigenvalue weighted by Crippen LogP contribution is -2.13. The number of hydrogen-bond acceptors (Lipinski definition) is 4. The van der Waals surface area contributed by atoms with Gasteiger partial charge in [-0.1, -0.05) is 25.9 Å². The van der Waals surface area contributed by atoms with Gasteiger partial charge in [0, 0.05) is 5.41 Å². The molecule has 2 aromatic rings. The van der Waals surface area contributed by atoms with Crippen LogP contribution in [0.2, 0.25) is 0 Å². The van der Waals surface area contributed by atoms with Crippen molar-refractivity contribution in [2.24, 2.45) is 0 Å². The molecule has 0 bridgehead atoms. The molecule has 1 heterocycles. The number of carboxylic acid groups (broad SMARTS) is 1. The Labute approximate surface area is 113 Å². The largest absolute Gasteiger partial charge is 0.478 e. The molecule has 0 aliphatic heterocycles. The van der Waals surface area contributed by atoms with Gasteiger partial charge in [0.1, 0.15) is 0 Å². The third-order valence-corrected chi connectivity index (χ3v) is 2.62. The minimum atomic E-state index is -1.41. The number of aromatic nitrogens is 2. The Morgan fingerprint density at radius 2 is 1.85 bits per heavy atom. The lowest BCUT2D eigenvalue weighted by molar-refractivity contribution is 0.0696. The van der Waals surface area contributed by atoms with Gasteiger partial charge >= 0.3 is 5.97 Å². The fourth-order valence-corrected chi connectivity index (χ4v) is 1.54. The first-order valence-electron chi connectivity index (χ1n) is 5.77. The van der Waals surface area contributed by atoms with Crippen LogP contribution in [-0.2, 0) is 5.41 Å². The number of rotatable bonds is 2. The Morgan fingerprint density at radius 3 is 2.35 bits per heavy atom. The van der Waals surface area contributed by atoms with Crippen LogP contribution in [0.3, 0.4) is 0 Å². The third kappa shape index (κ3) is 2.52. The minimum Gasteiger partial charge on any atom is -0.478 e. The Morgan fingerprint density at radius 1 is 1.25 bits per heavy atom. The molecule has 2 rings (SSSR count). The number of carbonyl (C=O) groups is 1. The van der Waals surface area contributed by atoms with Crippen molar-refractivity contribution in [1.82, 2.24) is 10.1 Å². The summed E-state index contributed by atoms with van der Waals surface area (Å²) in [6.45, 7) is 5.51. The minimum absolute atomic E-state index is 0.153. The Bertz CT molecular complexity index is 675. The molecule has 5 nitrogen and oxygen atoms in total. The van der Waals surface area contributed by atoms with Gasteiger partial charge in [-0.25, -0.2) is 13.6 Å². The summed E-state index contributed by atoms with van der Waals surface area (Å²) in [7, 11) is 0. The van der Waals surface area contributed by atoms with Crippen LogP contribution < -0.4 is 0 Å². The van der Waals surface area contributed by atoms with Gasteiger partial charge in [-0.3, -0.25) is 0 Å². The maximum absolute atomic E-state index is 13.3. The summed E-state index contributed by atoms with van der Waals surface area (Å²) < 4.78 is 31.4. The molecule has 0 amide bonds. The van der Waals surface area contributed by atoms with Crippen molar-refractivity contribution in [3.05, 3.63) is 35.2 Å². The Hall–Kier alpha value is -2.31. The predicted octanol–water partition coefficient (Wildman–Crippen LogP) is 3.01. The zero-order valence-electron chi connectivity index (χ0n) is 11.1. The summed E-state index contributed by atoms with van der Waals surface area (Å²) in [6.07, 6.45) is 0. The van der Waals surface area contributed by atoms with Crippen molar-refractivity contribution < 1.29 is 23.2 Å². The molecule has 0 radical (unpaired) electrons. The number of nitrogens with zero attached hydrogens (tertiary/aromatic N) is 2. The van der Waals surface area contributed by atoms with Gasteiger partial charge in [0.15, 0.2) is 17.5 Å². The highest BCUT2D eigenvalue weighted by molar-refractivity contribution is 5.94. The van der Waals surface area contributed by atoms with E-state index in [0.717, 1.165) is 6.07 Å². The third-order valence-electron chi connectivity index (χ3n) is 2.62. The molecule has 1 aromatic heterocycles. The standard InChI is InChI=1S/C13H12F2N2O3/c1-13(2,3)12-16-10(20-17-12)6-4-8(14)9(15)5-7(6)11(18)19/h4-5H,1-3H3,(H,18,19). The molecule has 0 saturated carbocycles. The van der Waals surface area contributed by atoms with E-state index >= 15 is 0 Å². The van der Waals surface area contributed by atoms with Crippen LogP contribution in [0.5, 0.6) is 0 Å². The van der Waals surface area contributed by atoms with Crippen molar-refractivity contribution in [3.8, 4) is 11.5 Å². The summed E-state index contributed by atoms with van der Waals surface area (Å²) in [5.74, 6) is -3.66. The second-order valence-corrected chi connectivity index (χ2v) is 5.29. The highest BCUT2D eigenvalue weighted by Crippen LogP contribution is 2.27. The first-order chi connectivity index (χ1) is 9.20. The van der Waals surface area contributed by atoms with E-state index in [4.69, 9.17) is 9.63 Å². The molecule has 1 aromatic carbocycles. The van der Waals surface area contributed by atoms with Gasteiger partial charge in [0.05, 0.1) is 11.1 Å². The number of hydrogen-bond donors (Lipinski definition) is 1. The molecule has 7 heteroatoms. The fraction of sp³-hybridized carbons (Fsp3) is 0.308. The molecule has 0 saturated heterocycles. The molecule has 0 aliphatic carbocycles. The Balaban J connectivity index is 2.60. The van der Waals surface area contributed by atoms with Gasteiger partial charge < -0.3 is 9.63 Å². The van der Waals surface area contributed by atoms with Crippen LogP contribution in [0.15, 0.2) is 16.7 Å². The molecular formula is C13H12F2N2O3. The molecule has 1 N–H and O–H groups in total. The normalized spacial score (nSPS) is 11.7. The number of benzene rings is 1. The molecule has 0 unspecified atom stereocenters. The molecule has 0 atom stereocenters. The van der Waals surface area contributed by atoms with Crippen molar-refractivity contribution in [2.45, 2.75) is 26.2 Å². The van der Waals surface area contributed by atoms with E-state index in [1.807, 2.05) is 20.8 Å². The Kier molecular flexibility index (Phi) is 3.29. The quantitative estimate of drug-likeness (QED) is 0.916. The number of halogens is 2. The van der Waals surface area contributed by atoms with Crippen LogP contribution in [0.25, 0.3) is 11.5 Å². The molecule has 20 heavy (non-hydrogen) atoms. The molecular weight excluding hydrogens is 270 g/mol. The average molecular weight is 282 g/mol. The first kappa shape index (κ1) is 14.1. The predicted molar refractivity (Wildman–Crippen MR) is 65.3 cm³/mol.